The summed E-state index contributed by atoms with van der Waals surface area (Å²) in [4.78, 5) is 14.8. The van der Waals surface area contributed by atoms with Gasteiger partial charge in [-0.3, -0.25) is 9.69 Å². The molecule has 0 aromatic heterocycles. The lowest BCUT2D eigenvalue weighted by atomic mass is 9.77. The molecule has 1 aliphatic heterocycles. The topological polar surface area (TPSA) is 58.4 Å². The first-order valence-electron chi connectivity index (χ1n) is 8.74. The van der Waals surface area contributed by atoms with Crippen LogP contribution in [0.1, 0.15) is 72.6 Å². The molecule has 4 nitrogen and oxygen atoms in total. The lowest BCUT2D eigenvalue weighted by Gasteiger charge is -2.46. The third-order valence-corrected chi connectivity index (χ3v) is 5.50. The third-order valence-electron chi connectivity index (χ3n) is 5.50. The van der Waals surface area contributed by atoms with E-state index in [4.69, 9.17) is 5.73 Å². The molecule has 1 amide bonds. The molecule has 4 unspecified atom stereocenters. The zero-order chi connectivity index (χ0) is 15.6. The van der Waals surface area contributed by atoms with E-state index in [1.165, 1.54) is 25.7 Å². The maximum absolute atomic E-state index is 12.1. The van der Waals surface area contributed by atoms with Gasteiger partial charge in [-0.05, 0) is 65.7 Å². The number of nitrogens with two attached hydrogens (primary N) is 1. The molecule has 21 heavy (non-hydrogen) atoms. The average Bonchev–Trinajstić information content (AvgIpc) is 2.79. The van der Waals surface area contributed by atoms with Gasteiger partial charge in [0.2, 0.25) is 5.91 Å². The van der Waals surface area contributed by atoms with Gasteiger partial charge >= 0.3 is 0 Å². The van der Waals surface area contributed by atoms with E-state index in [2.05, 4.69) is 37.9 Å². The fraction of sp³-hybridized carbons (Fsp3) is 0.941. The van der Waals surface area contributed by atoms with E-state index in [1.807, 2.05) is 0 Å². The van der Waals surface area contributed by atoms with E-state index in [1.54, 1.807) is 0 Å². The maximum Gasteiger partial charge on any atom is 0.237 e. The molecule has 0 spiro atoms. The molecule has 1 heterocycles. The van der Waals surface area contributed by atoms with Gasteiger partial charge in [0.25, 0.3) is 0 Å². The van der Waals surface area contributed by atoms with Crippen LogP contribution in [-0.4, -0.2) is 40.5 Å². The summed E-state index contributed by atoms with van der Waals surface area (Å²) in [6, 6.07) is 2.12. The number of amides is 1. The van der Waals surface area contributed by atoms with Gasteiger partial charge in [-0.2, -0.15) is 0 Å². The minimum absolute atomic E-state index is 0.166. The van der Waals surface area contributed by atoms with Crippen LogP contribution in [0, 0.1) is 0 Å². The average molecular weight is 295 g/mol. The summed E-state index contributed by atoms with van der Waals surface area (Å²) in [6.07, 6.45) is 7.85. The first kappa shape index (κ1) is 16.8. The van der Waals surface area contributed by atoms with Crippen LogP contribution in [0.15, 0.2) is 0 Å². The number of rotatable bonds is 5. The number of carbonyl (C=O) groups is 1. The quantitative estimate of drug-likeness (QED) is 0.819. The second-order valence-corrected chi connectivity index (χ2v) is 7.43. The first-order valence-corrected chi connectivity index (χ1v) is 8.74. The van der Waals surface area contributed by atoms with Crippen LogP contribution in [0.2, 0.25) is 0 Å². The number of primary amides is 1. The number of hydrogen-bond acceptors (Lipinski definition) is 3. The molecule has 1 saturated carbocycles. The minimum atomic E-state index is -0.502. The monoisotopic (exact) mass is 295 g/mol. The molecule has 0 bridgehead atoms. The third kappa shape index (κ3) is 3.42. The molecular formula is C17H33N3O. The standard InChI is InChI=1S/C17H33N3O/c1-5-14-9-8-13(4)20(14)15-7-6-10-17(11-15,16(18)21)19-12(2)3/h12-15,19H,5-11H2,1-4H3,(H2,18,21). The Bertz CT molecular complexity index is 371. The summed E-state index contributed by atoms with van der Waals surface area (Å²) in [7, 11) is 0. The zero-order valence-electron chi connectivity index (χ0n) is 14.2. The van der Waals surface area contributed by atoms with Crippen molar-refractivity contribution in [2.24, 2.45) is 5.73 Å². The Kier molecular flexibility index (Phi) is 5.31. The lowest BCUT2D eigenvalue weighted by Crippen LogP contribution is -2.63. The van der Waals surface area contributed by atoms with Gasteiger partial charge in [-0.25, -0.2) is 0 Å². The molecule has 3 N–H and O–H groups in total. The first-order chi connectivity index (χ1) is 9.89. The van der Waals surface area contributed by atoms with Crippen molar-refractivity contribution in [1.82, 2.24) is 10.2 Å². The van der Waals surface area contributed by atoms with Gasteiger partial charge in [0.1, 0.15) is 0 Å². The van der Waals surface area contributed by atoms with E-state index in [0.29, 0.717) is 18.1 Å². The fourth-order valence-electron chi connectivity index (χ4n) is 4.64. The van der Waals surface area contributed by atoms with Crippen molar-refractivity contribution in [3.63, 3.8) is 0 Å². The van der Waals surface area contributed by atoms with Crippen LogP contribution in [0.25, 0.3) is 0 Å². The van der Waals surface area contributed by atoms with Crippen LogP contribution in [0.5, 0.6) is 0 Å². The molecular weight excluding hydrogens is 262 g/mol. The largest absolute Gasteiger partial charge is 0.368 e. The predicted molar refractivity (Wildman–Crippen MR) is 87.1 cm³/mol. The lowest BCUT2D eigenvalue weighted by molar-refractivity contribution is -0.127. The Morgan fingerprint density at radius 2 is 2.10 bits per heavy atom. The van der Waals surface area contributed by atoms with Crippen LogP contribution >= 0.6 is 0 Å². The minimum Gasteiger partial charge on any atom is -0.368 e. The van der Waals surface area contributed by atoms with E-state index >= 15 is 0 Å². The molecule has 2 rings (SSSR count). The van der Waals surface area contributed by atoms with Crippen molar-refractivity contribution in [3.05, 3.63) is 0 Å². The molecule has 0 aromatic rings. The van der Waals surface area contributed by atoms with E-state index in [9.17, 15) is 4.79 Å². The molecule has 4 atom stereocenters. The fourth-order valence-corrected chi connectivity index (χ4v) is 4.64. The van der Waals surface area contributed by atoms with Crippen LogP contribution in [0.4, 0.5) is 0 Å². The molecule has 1 aliphatic carbocycles. The Balaban J connectivity index is 2.16. The second-order valence-electron chi connectivity index (χ2n) is 7.43. The number of likely N-dealkylation sites (tertiary alicyclic amines) is 1. The van der Waals surface area contributed by atoms with E-state index < -0.39 is 5.54 Å². The van der Waals surface area contributed by atoms with Gasteiger partial charge < -0.3 is 11.1 Å². The number of nitrogens with one attached hydrogen (secondary N) is 1. The Labute approximate surface area is 129 Å². The van der Waals surface area contributed by atoms with Crippen molar-refractivity contribution in [3.8, 4) is 0 Å². The zero-order valence-corrected chi connectivity index (χ0v) is 14.2. The molecule has 4 heteroatoms. The van der Waals surface area contributed by atoms with Gasteiger partial charge in [-0.1, -0.05) is 6.92 Å². The van der Waals surface area contributed by atoms with E-state index in [-0.39, 0.29) is 11.9 Å². The van der Waals surface area contributed by atoms with Crippen LogP contribution < -0.4 is 11.1 Å². The highest BCUT2D eigenvalue weighted by molar-refractivity contribution is 5.85. The Morgan fingerprint density at radius 1 is 1.38 bits per heavy atom. The Morgan fingerprint density at radius 3 is 2.67 bits per heavy atom. The number of hydrogen-bond donors (Lipinski definition) is 2. The van der Waals surface area contributed by atoms with Gasteiger partial charge in [-0.15, -0.1) is 0 Å². The molecule has 122 valence electrons. The van der Waals surface area contributed by atoms with Gasteiger partial charge in [0.15, 0.2) is 0 Å². The van der Waals surface area contributed by atoms with Crippen molar-refractivity contribution in [1.29, 1.82) is 0 Å². The predicted octanol–water partition coefficient (Wildman–Crippen LogP) is 2.41. The van der Waals surface area contributed by atoms with Crippen molar-refractivity contribution >= 4 is 5.91 Å². The second kappa shape index (κ2) is 6.66. The van der Waals surface area contributed by atoms with Crippen LogP contribution in [0.3, 0.4) is 0 Å². The van der Waals surface area contributed by atoms with E-state index in [0.717, 1.165) is 19.3 Å². The van der Waals surface area contributed by atoms with Crippen molar-refractivity contribution < 1.29 is 4.79 Å². The van der Waals surface area contributed by atoms with Gasteiger partial charge in [0.05, 0.1) is 5.54 Å². The molecule has 0 aromatic carbocycles. The summed E-state index contributed by atoms with van der Waals surface area (Å²) in [5.41, 5.74) is 5.29. The highest BCUT2D eigenvalue weighted by Crippen LogP contribution is 2.37. The molecule has 0 radical (unpaired) electrons. The maximum atomic E-state index is 12.1. The van der Waals surface area contributed by atoms with Gasteiger partial charge in [0, 0.05) is 24.2 Å². The van der Waals surface area contributed by atoms with Crippen molar-refractivity contribution in [2.45, 2.75) is 102 Å². The van der Waals surface area contributed by atoms with Crippen molar-refractivity contribution in [2.75, 3.05) is 0 Å². The normalized spacial score (nSPS) is 38.0. The summed E-state index contributed by atoms with van der Waals surface area (Å²) < 4.78 is 0. The summed E-state index contributed by atoms with van der Waals surface area (Å²) in [5, 5.41) is 3.49. The smallest absolute Gasteiger partial charge is 0.237 e. The number of carbonyl (C=O) groups excluding carboxylic acids is 1. The number of nitrogens with zero attached hydrogens (tertiary/aromatic N) is 1. The van der Waals surface area contributed by atoms with Crippen LogP contribution in [-0.2, 0) is 4.79 Å². The highest BCUT2D eigenvalue weighted by Gasteiger charge is 2.45. The SMILES string of the molecule is CCC1CCC(C)N1C1CCCC(NC(C)C)(C(N)=O)C1. The molecule has 1 saturated heterocycles. The summed E-state index contributed by atoms with van der Waals surface area (Å²) in [6.45, 7) is 8.82. The molecule has 2 aliphatic rings. The summed E-state index contributed by atoms with van der Waals surface area (Å²) in [5.74, 6) is -0.166. The Hall–Kier alpha value is -0.610. The highest BCUT2D eigenvalue weighted by atomic mass is 16.1. The summed E-state index contributed by atoms with van der Waals surface area (Å²) >= 11 is 0. The molecule has 2 fully saturated rings.